The molecule has 304 valence electrons. The number of nitrogens with one attached hydrogen (secondary N) is 2. The lowest BCUT2D eigenvalue weighted by molar-refractivity contribution is 0.0655. The van der Waals surface area contributed by atoms with E-state index < -0.39 is 11.9 Å². The molecule has 2 aliphatic heterocycles. The third kappa shape index (κ3) is 8.45. The SMILES string of the molecule is CNC(=O)N(C(=O)c1ccc(-c2cccc3[nH]c(CCN4C(=O)c5ccccc5C4=O)nc23)c(OC)c1)c1ccc(C)cc1OCCCCC(=C=O)N1CCN(C)CC1. The van der Waals surface area contributed by atoms with Crippen molar-refractivity contribution in [3.05, 3.63) is 113 Å². The highest BCUT2D eigenvalue weighted by Gasteiger charge is 2.35. The van der Waals surface area contributed by atoms with Crippen molar-refractivity contribution in [1.29, 1.82) is 0 Å². The van der Waals surface area contributed by atoms with Gasteiger partial charge in [-0.1, -0.05) is 30.3 Å². The Balaban J connectivity index is 1.07. The lowest BCUT2D eigenvalue weighted by Gasteiger charge is -2.34. The van der Waals surface area contributed by atoms with Crippen molar-refractivity contribution < 1.29 is 33.4 Å². The number of rotatable bonds is 14. The average Bonchev–Trinajstić information content (AvgIpc) is 3.79. The second-order valence-corrected chi connectivity index (χ2v) is 14.7. The number of allylic oxidation sites excluding steroid dienone is 1. The molecule has 3 heterocycles. The Morgan fingerprint density at radius 3 is 2.31 bits per heavy atom. The van der Waals surface area contributed by atoms with E-state index in [2.05, 4.69) is 33.1 Å². The zero-order valence-electron chi connectivity index (χ0n) is 33.7. The minimum absolute atomic E-state index is 0.161. The number of aryl methyl sites for hydroxylation is 1. The van der Waals surface area contributed by atoms with Gasteiger partial charge in [0.1, 0.15) is 23.3 Å². The largest absolute Gasteiger partial charge is 0.496 e. The second kappa shape index (κ2) is 17.8. The normalized spacial score (nSPS) is 14.0. The van der Waals surface area contributed by atoms with Crippen molar-refractivity contribution in [3.63, 3.8) is 0 Å². The van der Waals surface area contributed by atoms with E-state index in [1.54, 1.807) is 54.6 Å². The van der Waals surface area contributed by atoms with Crippen LogP contribution in [0.2, 0.25) is 0 Å². The number of carbonyl (C=O) groups is 4. The van der Waals surface area contributed by atoms with Gasteiger partial charge in [0.05, 0.1) is 47.3 Å². The highest BCUT2D eigenvalue weighted by atomic mass is 16.5. The lowest BCUT2D eigenvalue weighted by atomic mass is 10.0. The standard InChI is InChI=1S/C45H47N7O7/c1-29-15-18-37(39(26-29)59-25-8-7-10-31(28-53)50-23-21-49(3)22-24-50)52(45(57)46-2)42(54)30-16-17-32(38(27-30)58-4)33-13-9-14-36-41(33)48-40(47-36)19-20-51-43(55)34-11-5-6-12-35(34)44(51)56/h5-6,9,11-18,26-27H,7-8,10,19-25H2,1-4H3,(H,46,57)(H,47,48). The Morgan fingerprint density at radius 1 is 0.881 bits per heavy atom. The van der Waals surface area contributed by atoms with E-state index in [9.17, 15) is 24.0 Å². The van der Waals surface area contributed by atoms with Crippen molar-refractivity contribution in [2.75, 3.05) is 65.4 Å². The summed E-state index contributed by atoms with van der Waals surface area (Å²) in [5.74, 6) is 2.26. The molecule has 0 aliphatic carbocycles. The first kappa shape index (κ1) is 40.4. The summed E-state index contributed by atoms with van der Waals surface area (Å²) in [5, 5.41) is 2.59. The number of carbonyl (C=O) groups excluding carboxylic acids is 5. The molecule has 0 radical (unpaired) electrons. The van der Waals surface area contributed by atoms with Crippen molar-refractivity contribution in [3.8, 4) is 22.6 Å². The number of methoxy groups -OCH3 is 1. The van der Waals surface area contributed by atoms with Crippen molar-refractivity contribution >= 4 is 46.4 Å². The van der Waals surface area contributed by atoms with Gasteiger partial charge in [0.2, 0.25) is 0 Å². The van der Waals surface area contributed by atoms with Crippen LogP contribution in [0.15, 0.2) is 84.6 Å². The van der Waals surface area contributed by atoms with Gasteiger partial charge >= 0.3 is 6.03 Å². The van der Waals surface area contributed by atoms with Gasteiger partial charge in [-0.05, 0) is 87.3 Å². The molecule has 4 aromatic carbocycles. The summed E-state index contributed by atoms with van der Waals surface area (Å²) in [6.07, 6.45) is 2.27. The molecule has 0 unspecified atom stereocenters. The Labute approximate surface area is 342 Å². The van der Waals surface area contributed by atoms with E-state index in [4.69, 9.17) is 14.5 Å². The number of imide groups is 2. The number of aromatic nitrogens is 2. The van der Waals surface area contributed by atoms with Crippen LogP contribution in [0, 0.1) is 6.92 Å². The molecule has 14 nitrogen and oxygen atoms in total. The van der Waals surface area contributed by atoms with E-state index in [0.717, 1.165) is 47.7 Å². The summed E-state index contributed by atoms with van der Waals surface area (Å²) in [5.41, 5.74) is 5.64. The number of likely N-dealkylation sites (N-methyl/N-ethyl adjacent to an activating group) is 1. The van der Waals surface area contributed by atoms with Gasteiger partial charge in [0, 0.05) is 62.9 Å². The summed E-state index contributed by atoms with van der Waals surface area (Å²) < 4.78 is 12.0. The third-order valence-electron chi connectivity index (χ3n) is 10.8. The minimum Gasteiger partial charge on any atom is -0.496 e. The average molecular weight is 798 g/mol. The van der Waals surface area contributed by atoms with Gasteiger partial charge in [-0.15, -0.1) is 0 Å². The van der Waals surface area contributed by atoms with Gasteiger partial charge in [0.25, 0.3) is 17.7 Å². The van der Waals surface area contributed by atoms with Crippen LogP contribution >= 0.6 is 0 Å². The molecule has 59 heavy (non-hydrogen) atoms. The molecule has 2 N–H and O–H groups in total. The molecule has 5 amide bonds. The second-order valence-electron chi connectivity index (χ2n) is 14.7. The number of fused-ring (bicyclic) bond motifs is 2. The number of anilines is 1. The van der Waals surface area contributed by atoms with Crippen LogP contribution in [0.5, 0.6) is 11.5 Å². The minimum atomic E-state index is -0.644. The first-order chi connectivity index (χ1) is 28.6. The number of amides is 5. The van der Waals surface area contributed by atoms with Crippen molar-refractivity contribution in [2.45, 2.75) is 32.6 Å². The number of hydrogen-bond acceptors (Lipinski definition) is 10. The molecule has 14 heteroatoms. The first-order valence-corrected chi connectivity index (χ1v) is 19.7. The van der Waals surface area contributed by atoms with Crippen LogP contribution in [0.25, 0.3) is 22.2 Å². The number of nitrogens with zero attached hydrogens (tertiary/aromatic N) is 5. The number of piperazine rings is 1. The number of unbranched alkanes of at least 4 members (excludes halogenated alkanes) is 1. The van der Waals surface area contributed by atoms with Crippen LogP contribution in [-0.2, 0) is 11.2 Å². The number of H-pyrrole nitrogens is 1. The Morgan fingerprint density at radius 2 is 1.61 bits per heavy atom. The van der Waals surface area contributed by atoms with Crippen molar-refractivity contribution in [2.24, 2.45) is 0 Å². The van der Waals surface area contributed by atoms with E-state index in [-0.39, 0.29) is 29.6 Å². The topological polar surface area (TPSA) is 157 Å². The Kier molecular flexibility index (Phi) is 12.2. The van der Waals surface area contributed by atoms with Gasteiger partial charge in [-0.2, -0.15) is 0 Å². The number of hydrogen-bond donors (Lipinski definition) is 2. The number of imidazole rings is 1. The van der Waals surface area contributed by atoms with E-state index in [1.807, 2.05) is 31.2 Å². The molecule has 0 spiro atoms. The van der Waals surface area contributed by atoms with E-state index >= 15 is 0 Å². The molecule has 2 aliphatic rings. The fraction of sp³-hybridized carbons (Fsp3) is 0.311. The fourth-order valence-electron chi connectivity index (χ4n) is 7.53. The predicted molar refractivity (Wildman–Crippen MR) is 224 cm³/mol. The highest BCUT2D eigenvalue weighted by molar-refractivity contribution is 6.22. The van der Waals surface area contributed by atoms with Crippen LogP contribution in [0.4, 0.5) is 10.5 Å². The third-order valence-corrected chi connectivity index (χ3v) is 10.8. The summed E-state index contributed by atoms with van der Waals surface area (Å²) in [4.78, 5) is 80.1. The maximum atomic E-state index is 14.3. The smallest absolute Gasteiger partial charge is 0.328 e. The predicted octanol–water partition coefficient (Wildman–Crippen LogP) is 5.88. The number of ether oxygens (including phenoxy) is 2. The molecule has 1 aromatic heterocycles. The quantitative estimate of drug-likeness (QED) is 0.0790. The monoisotopic (exact) mass is 797 g/mol. The van der Waals surface area contributed by atoms with Gasteiger partial charge in [-0.25, -0.2) is 19.5 Å². The molecule has 7 rings (SSSR count). The number of urea groups is 1. The summed E-state index contributed by atoms with van der Waals surface area (Å²) in [6, 6.07) is 22.1. The zero-order valence-corrected chi connectivity index (χ0v) is 33.7. The highest BCUT2D eigenvalue weighted by Crippen LogP contribution is 2.37. The maximum absolute atomic E-state index is 14.3. The van der Waals surface area contributed by atoms with Gasteiger partial charge < -0.3 is 29.6 Å². The van der Waals surface area contributed by atoms with Crippen LogP contribution in [0.3, 0.4) is 0 Å². The summed E-state index contributed by atoms with van der Waals surface area (Å²) >= 11 is 0. The van der Waals surface area contributed by atoms with Crippen molar-refractivity contribution in [1.82, 2.24) is 30.0 Å². The molecule has 5 aromatic rings. The zero-order chi connectivity index (χ0) is 41.6. The maximum Gasteiger partial charge on any atom is 0.328 e. The summed E-state index contributed by atoms with van der Waals surface area (Å²) in [6.45, 7) is 5.78. The Bertz CT molecular complexity index is 2430. The van der Waals surface area contributed by atoms with E-state index in [0.29, 0.717) is 77.5 Å². The van der Waals surface area contributed by atoms with Crippen LogP contribution in [0.1, 0.15) is 61.7 Å². The fourth-order valence-corrected chi connectivity index (χ4v) is 7.53. The molecule has 0 saturated carbocycles. The molecular formula is C45H47N7O7. The Hall–Kier alpha value is -6.76. The number of benzene rings is 4. The van der Waals surface area contributed by atoms with Crippen LogP contribution in [-0.4, -0.2) is 115 Å². The van der Waals surface area contributed by atoms with Crippen LogP contribution < -0.4 is 19.7 Å². The summed E-state index contributed by atoms with van der Waals surface area (Å²) in [7, 11) is 5.03. The molecule has 0 atom stereocenters. The van der Waals surface area contributed by atoms with Gasteiger partial charge in [-0.3, -0.25) is 19.3 Å². The first-order valence-electron chi connectivity index (χ1n) is 19.7. The molecule has 1 saturated heterocycles. The molecule has 0 bridgehead atoms. The lowest BCUT2D eigenvalue weighted by Crippen LogP contribution is -2.44. The number of para-hydroxylation sites is 1. The van der Waals surface area contributed by atoms with Gasteiger partial charge in [0.15, 0.2) is 0 Å². The number of aromatic amines is 1. The molecular weight excluding hydrogens is 751 g/mol. The molecule has 1 fully saturated rings. The van der Waals surface area contributed by atoms with E-state index in [1.165, 1.54) is 19.1 Å².